The summed E-state index contributed by atoms with van der Waals surface area (Å²) in [5.41, 5.74) is 2.08. The summed E-state index contributed by atoms with van der Waals surface area (Å²) < 4.78 is 1.78. The van der Waals surface area contributed by atoms with Gasteiger partial charge in [-0.3, -0.25) is 4.68 Å². The number of aliphatic carboxylic acids is 1. The number of aryl methyl sites for hydroxylation is 1. The van der Waals surface area contributed by atoms with E-state index in [0.29, 0.717) is 0 Å². The summed E-state index contributed by atoms with van der Waals surface area (Å²) in [5, 5.41) is 12.7. The molecule has 1 aromatic heterocycles. The van der Waals surface area contributed by atoms with Crippen molar-refractivity contribution >= 4 is 23.8 Å². The van der Waals surface area contributed by atoms with E-state index >= 15 is 0 Å². The van der Waals surface area contributed by atoms with E-state index in [1.54, 1.807) is 22.5 Å². The lowest BCUT2D eigenvalue weighted by atomic mass is 10.1. The van der Waals surface area contributed by atoms with Crippen LogP contribution < -0.4 is 0 Å². The molecular formula is C14H14N2O2S. The third-order valence-electron chi connectivity index (χ3n) is 2.48. The molecule has 0 amide bonds. The molecule has 19 heavy (non-hydrogen) atoms. The van der Waals surface area contributed by atoms with Crippen LogP contribution in [0.2, 0.25) is 0 Å². The number of rotatable bonds is 5. The Morgan fingerprint density at radius 3 is 2.74 bits per heavy atom. The fourth-order valence-electron chi connectivity index (χ4n) is 1.53. The van der Waals surface area contributed by atoms with Crippen LogP contribution in [-0.4, -0.2) is 20.9 Å². The molecule has 0 saturated heterocycles. The Morgan fingerprint density at radius 1 is 1.42 bits per heavy atom. The lowest BCUT2D eigenvalue weighted by Gasteiger charge is -2.00. The van der Waals surface area contributed by atoms with E-state index in [1.165, 1.54) is 5.56 Å². The van der Waals surface area contributed by atoms with E-state index < -0.39 is 5.97 Å². The Balaban J connectivity index is 1.93. The Kier molecular flexibility index (Phi) is 4.41. The lowest BCUT2D eigenvalue weighted by molar-refractivity contribution is -0.131. The molecule has 1 N–H and O–H groups in total. The van der Waals surface area contributed by atoms with E-state index in [2.05, 4.69) is 5.10 Å². The van der Waals surface area contributed by atoms with E-state index in [9.17, 15) is 4.79 Å². The molecular weight excluding hydrogens is 260 g/mol. The molecule has 5 heteroatoms. The highest BCUT2D eigenvalue weighted by atomic mass is 32.2. The normalized spacial score (nSPS) is 11.0. The maximum atomic E-state index is 10.4. The van der Waals surface area contributed by atoms with Crippen molar-refractivity contribution in [2.45, 2.75) is 10.6 Å². The molecule has 0 saturated carbocycles. The van der Waals surface area contributed by atoms with Crippen LogP contribution in [0, 0.1) is 0 Å². The van der Waals surface area contributed by atoms with Gasteiger partial charge in [0.15, 0.2) is 0 Å². The summed E-state index contributed by atoms with van der Waals surface area (Å²) in [6, 6.07) is 7.84. The molecule has 0 aliphatic rings. The second-order valence-electron chi connectivity index (χ2n) is 4.05. The summed E-state index contributed by atoms with van der Waals surface area (Å²) in [4.78, 5) is 11.5. The minimum Gasteiger partial charge on any atom is -0.478 e. The van der Waals surface area contributed by atoms with Crippen LogP contribution in [0.3, 0.4) is 0 Å². The molecule has 98 valence electrons. The summed E-state index contributed by atoms with van der Waals surface area (Å²) in [5.74, 6) is -0.0644. The first-order chi connectivity index (χ1) is 9.13. The first-order valence-electron chi connectivity index (χ1n) is 5.75. The average molecular weight is 274 g/mol. The van der Waals surface area contributed by atoms with Gasteiger partial charge in [-0.1, -0.05) is 24.3 Å². The van der Waals surface area contributed by atoms with Crippen LogP contribution in [0.1, 0.15) is 11.1 Å². The molecule has 0 atom stereocenters. The predicted molar refractivity (Wildman–Crippen MR) is 75.9 cm³/mol. The smallest absolute Gasteiger partial charge is 0.328 e. The van der Waals surface area contributed by atoms with Gasteiger partial charge in [0.2, 0.25) is 0 Å². The fourth-order valence-corrected chi connectivity index (χ4v) is 2.41. The minimum absolute atomic E-state index is 0.870. The van der Waals surface area contributed by atoms with Gasteiger partial charge < -0.3 is 5.11 Å². The minimum atomic E-state index is -0.934. The Bertz CT molecular complexity index is 588. The van der Waals surface area contributed by atoms with Crippen LogP contribution in [0.15, 0.2) is 47.6 Å². The van der Waals surface area contributed by atoms with E-state index in [4.69, 9.17) is 5.11 Å². The number of benzene rings is 1. The number of aromatic nitrogens is 2. The summed E-state index contributed by atoms with van der Waals surface area (Å²) in [6.45, 7) is 0. The maximum Gasteiger partial charge on any atom is 0.328 e. The Labute approximate surface area is 115 Å². The van der Waals surface area contributed by atoms with Gasteiger partial charge in [0.25, 0.3) is 0 Å². The number of carbonyl (C=O) groups is 1. The summed E-state index contributed by atoms with van der Waals surface area (Å²) in [6.07, 6.45) is 6.54. The zero-order chi connectivity index (χ0) is 13.7. The molecule has 1 aromatic carbocycles. The van der Waals surface area contributed by atoms with Gasteiger partial charge in [-0.25, -0.2) is 4.79 Å². The number of carboxylic acids is 1. The fraction of sp³-hybridized carbons (Fsp3) is 0.143. The Morgan fingerprint density at radius 2 is 2.16 bits per heavy atom. The molecule has 0 fully saturated rings. The quantitative estimate of drug-likeness (QED) is 0.673. The summed E-state index contributed by atoms with van der Waals surface area (Å²) >= 11 is 1.72. The van der Waals surface area contributed by atoms with Gasteiger partial charge in [-0.2, -0.15) is 5.10 Å². The zero-order valence-electron chi connectivity index (χ0n) is 10.5. The van der Waals surface area contributed by atoms with Crippen molar-refractivity contribution in [2.75, 3.05) is 0 Å². The molecule has 0 aliphatic carbocycles. The highest BCUT2D eigenvalue weighted by Gasteiger charge is 1.99. The van der Waals surface area contributed by atoms with Crippen LogP contribution >= 0.6 is 11.8 Å². The van der Waals surface area contributed by atoms with Crippen molar-refractivity contribution in [1.82, 2.24) is 9.78 Å². The van der Waals surface area contributed by atoms with Crippen molar-refractivity contribution < 1.29 is 9.90 Å². The van der Waals surface area contributed by atoms with Crippen molar-refractivity contribution in [3.63, 3.8) is 0 Å². The van der Waals surface area contributed by atoms with Gasteiger partial charge in [-0.05, 0) is 17.2 Å². The molecule has 0 aliphatic heterocycles. The first kappa shape index (κ1) is 13.4. The van der Waals surface area contributed by atoms with Crippen molar-refractivity contribution in [3.05, 3.63) is 53.9 Å². The largest absolute Gasteiger partial charge is 0.478 e. The van der Waals surface area contributed by atoms with Crippen molar-refractivity contribution in [2.24, 2.45) is 7.05 Å². The standard InChI is InChI=1S/C14H14N2O2S/c1-16-9-13(8-15-16)19-10-12-4-2-11(3-5-12)6-7-14(17)18/h2-9H,10H2,1H3,(H,17,18)/b7-6+. The van der Waals surface area contributed by atoms with Crippen molar-refractivity contribution in [3.8, 4) is 0 Å². The molecule has 0 unspecified atom stereocenters. The topological polar surface area (TPSA) is 55.1 Å². The summed E-state index contributed by atoms with van der Waals surface area (Å²) in [7, 11) is 1.90. The number of hydrogen-bond donors (Lipinski definition) is 1. The predicted octanol–water partition coefficient (Wildman–Crippen LogP) is 2.81. The third-order valence-corrected chi connectivity index (χ3v) is 3.51. The van der Waals surface area contributed by atoms with E-state index in [-0.39, 0.29) is 0 Å². The van der Waals surface area contributed by atoms with Gasteiger partial charge in [0, 0.05) is 30.0 Å². The molecule has 0 bridgehead atoms. The lowest BCUT2D eigenvalue weighted by Crippen LogP contribution is -1.86. The van der Waals surface area contributed by atoms with Crippen molar-refractivity contribution in [1.29, 1.82) is 0 Å². The van der Waals surface area contributed by atoms with Crippen LogP contribution in [-0.2, 0) is 17.6 Å². The van der Waals surface area contributed by atoms with E-state index in [1.807, 2.05) is 43.7 Å². The number of carboxylic acid groups (broad SMARTS) is 1. The average Bonchev–Trinajstić information content (AvgIpc) is 2.81. The van der Waals surface area contributed by atoms with E-state index in [0.717, 1.165) is 22.3 Å². The molecule has 1 heterocycles. The highest BCUT2D eigenvalue weighted by molar-refractivity contribution is 7.98. The second-order valence-corrected chi connectivity index (χ2v) is 5.10. The molecule has 2 rings (SSSR count). The van der Waals surface area contributed by atoms with Gasteiger partial charge in [-0.15, -0.1) is 11.8 Å². The van der Waals surface area contributed by atoms with Crippen LogP contribution in [0.5, 0.6) is 0 Å². The molecule has 4 nitrogen and oxygen atoms in total. The molecule has 0 spiro atoms. The molecule has 2 aromatic rings. The zero-order valence-corrected chi connectivity index (χ0v) is 11.3. The number of hydrogen-bond acceptors (Lipinski definition) is 3. The number of nitrogens with zero attached hydrogens (tertiary/aromatic N) is 2. The SMILES string of the molecule is Cn1cc(SCc2ccc(/C=C/C(=O)O)cc2)cn1. The first-order valence-corrected chi connectivity index (χ1v) is 6.73. The van der Waals surface area contributed by atoms with Gasteiger partial charge in [0.05, 0.1) is 6.20 Å². The van der Waals surface area contributed by atoms with Gasteiger partial charge in [0.1, 0.15) is 0 Å². The van der Waals surface area contributed by atoms with Crippen LogP contribution in [0.4, 0.5) is 0 Å². The number of thioether (sulfide) groups is 1. The third kappa shape index (κ3) is 4.30. The second kappa shape index (κ2) is 6.24. The van der Waals surface area contributed by atoms with Crippen LogP contribution in [0.25, 0.3) is 6.08 Å². The van der Waals surface area contributed by atoms with Gasteiger partial charge >= 0.3 is 5.97 Å². The monoisotopic (exact) mass is 274 g/mol. The molecule has 0 radical (unpaired) electrons. The maximum absolute atomic E-state index is 10.4. The Hall–Kier alpha value is -2.01. The highest BCUT2D eigenvalue weighted by Crippen LogP contribution is 2.22.